The predicted octanol–water partition coefficient (Wildman–Crippen LogP) is 2.39. The van der Waals surface area contributed by atoms with Crippen molar-refractivity contribution in [2.45, 2.75) is 6.54 Å². The predicted molar refractivity (Wildman–Crippen MR) is 74.9 cm³/mol. The van der Waals surface area contributed by atoms with Crippen molar-refractivity contribution in [1.82, 2.24) is 4.98 Å². The highest BCUT2D eigenvalue weighted by Gasteiger charge is 2.16. The topological polar surface area (TPSA) is 52.0 Å². The minimum absolute atomic E-state index is 0.689. The second-order valence-electron chi connectivity index (χ2n) is 4.55. The van der Waals surface area contributed by atoms with Gasteiger partial charge in [0.25, 0.3) is 0 Å². The van der Waals surface area contributed by atoms with Gasteiger partial charge in [-0.1, -0.05) is 6.07 Å². The number of nitrogens with one attached hydrogen (secondary N) is 1. The number of hydrogen-bond acceptors (Lipinski definition) is 4. The third-order valence-electron chi connectivity index (χ3n) is 3.26. The van der Waals surface area contributed by atoms with Crippen molar-refractivity contribution in [1.29, 1.82) is 5.26 Å². The van der Waals surface area contributed by atoms with E-state index in [4.69, 9.17) is 5.26 Å². The monoisotopic (exact) mass is 250 g/mol. The molecule has 0 unspecified atom stereocenters. The van der Waals surface area contributed by atoms with Crippen LogP contribution < -0.4 is 10.2 Å². The van der Waals surface area contributed by atoms with Gasteiger partial charge >= 0.3 is 0 Å². The fraction of sp³-hybridized carbons (Fsp3) is 0.200. The normalized spacial score (nSPS) is 13.3. The summed E-state index contributed by atoms with van der Waals surface area (Å²) >= 11 is 0. The molecule has 1 aromatic carbocycles. The zero-order valence-corrected chi connectivity index (χ0v) is 10.5. The van der Waals surface area contributed by atoms with Gasteiger partial charge in [-0.25, -0.2) is 0 Å². The van der Waals surface area contributed by atoms with Crippen LogP contribution in [0, 0.1) is 11.3 Å². The maximum absolute atomic E-state index is 8.94. The number of rotatable bonds is 2. The van der Waals surface area contributed by atoms with Crippen LogP contribution in [0.2, 0.25) is 0 Å². The van der Waals surface area contributed by atoms with E-state index in [1.54, 1.807) is 6.20 Å². The van der Waals surface area contributed by atoms with E-state index in [9.17, 15) is 0 Å². The highest BCUT2D eigenvalue weighted by molar-refractivity contribution is 5.73. The summed E-state index contributed by atoms with van der Waals surface area (Å²) in [4.78, 5) is 6.46. The van der Waals surface area contributed by atoms with Crippen LogP contribution in [-0.2, 0) is 6.54 Å². The molecule has 4 heteroatoms. The van der Waals surface area contributed by atoms with Crippen molar-refractivity contribution in [3.05, 3.63) is 53.9 Å². The first-order chi connectivity index (χ1) is 9.36. The van der Waals surface area contributed by atoms with E-state index in [0.717, 1.165) is 31.0 Å². The Balaban J connectivity index is 1.89. The number of aromatic nitrogens is 1. The zero-order chi connectivity index (χ0) is 13.1. The van der Waals surface area contributed by atoms with Gasteiger partial charge in [0, 0.05) is 32.0 Å². The molecule has 94 valence electrons. The molecule has 19 heavy (non-hydrogen) atoms. The summed E-state index contributed by atoms with van der Waals surface area (Å²) in [6, 6.07) is 12.0. The van der Waals surface area contributed by atoms with Crippen molar-refractivity contribution < 1.29 is 0 Å². The van der Waals surface area contributed by atoms with E-state index < -0.39 is 0 Å². The third-order valence-corrected chi connectivity index (χ3v) is 3.26. The Labute approximate surface area is 112 Å². The number of hydrogen-bond donors (Lipinski definition) is 1. The van der Waals surface area contributed by atoms with Crippen LogP contribution in [0.15, 0.2) is 42.7 Å². The Kier molecular flexibility index (Phi) is 3.03. The summed E-state index contributed by atoms with van der Waals surface area (Å²) in [7, 11) is 0. The smallest absolute Gasteiger partial charge is 0.0992 e. The van der Waals surface area contributed by atoms with E-state index in [0.29, 0.717) is 5.56 Å². The maximum atomic E-state index is 8.94. The summed E-state index contributed by atoms with van der Waals surface area (Å²) in [6.45, 7) is 2.68. The molecule has 0 atom stereocenters. The van der Waals surface area contributed by atoms with E-state index in [2.05, 4.69) is 27.3 Å². The Morgan fingerprint density at radius 3 is 3.11 bits per heavy atom. The van der Waals surface area contributed by atoms with Crippen molar-refractivity contribution in [3.8, 4) is 6.07 Å². The van der Waals surface area contributed by atoms with Gasteiger partial charge in [-0.15, -0.1) is 0 Å². The van der Waals surface area contributed by atoms with Gasteiger partial charge in [0.2, 0.25) is 0 Å². The van der Waals surface area contributed by atoms with E-state index >= 15 is 0 Å². The quantitative estimate of drug-likeness (QED) is 0.889. The number of anilines is 2. The Morgan fingerprint density at radius 2 is 2.32 bits per heavy atom. The Hall–Kier alpha value is -2.54. The molecule has 0 amide bonds. The lowest BCUT2D eigenvalue weighted by atomic mass is 10.1. The van der Waals surface area contributed by atoms with E-state index in [1.807, 2.05) is 30.5 Å². The van der Waals surface area contributed by atoms with Gasteiger partial charge in [0.05, 0.1) is 23.0 Å². The van der Waals surface area contributed by atoms with Crippen molar-refractivity contribution in [2.75, 3.05) is 23.3 Å². The third kappa shape index (κ3) is 2.36. The zero-order valence-electron chi connectivity index (χ0n) is 10.5. The second kappa shape index (κ2) is 4.99. The number of fused-ring (bicyclic) bond motifs is 1. The molecule has 1 N–H and O–H groups in total. The Morgan fingerprint density at radius 1 is 1.37 bits per heavy atom. The van der Waals surface area contributed by atoms with Gasteiger partial charge in [-0.3, -0.25) is 4.98 Å². The van der Waals surface area contributed by atoms with E-state index in [-0.39, 0.29) is 0 Å². The molecule has 4 nitrogen and oxygen atoms in total. The molecular formula is C15H14N4. The summed E-state index contributed by atoms with van der Waals surface area (Å²) < 4.78 is 0. The van der Waals surface area contributed by atoms with Crippen molar-refractivity contribution in [3.63, 3.8) is 0 Å². The molecule has 0 fully saturated rings. The molecule has 0 saturated heterocycles. The minimum Gasteiger partial charge on any atom is -0.382 e. The van der Waals surface area contributed by atoms with E-state index in [1.165, 1.54) is 5.56 Å². The van der Waals surface area contributed by atoms with Crippen LogP contribution in [0.4, 0.5) is 11.4 Å². The number of pyridine rings is 1. The maximum Gasteiger partial charge on any atom is 0.0992 e. The van der Waals surface area contributed by atoms with Crippen LogP contribution in [0.25, 0.3) is 0 Å². The fourth-order valence-corrected chi connectivity index (χ4v) is 2.35. The summed E-state index contributed by atoms with van der Waals surface area (Å²) in [5, 5.41) is 12.3. The lowest BCUT2D eigenvalue weighted by molar-refractivity contribution is 0.784. The highest BCUT2D eigenvalue weighted by atomic mass is 15.2. The molecule has 3 rings (SSSR count). The molecule has 1 aliphatic heterocycles. The summed E-state index contributed by atoms with van der Waals surface area (Å²) in [5.41, 5.74) is 4.07. The minimum atomic E-state index is 0.689. The first-order valence-corrected chi connectivity index (χ1v) is 6.29. The fourth-order valence-electron chi connectivity index (χ4n) is 2.35. The van der Waals surface area contributed by atoms with Gasteiger partial charge in [-0.2, -0.15) is 5.26 Å². The van der Waals surface area contributed by atoms with Gasteiger partial charge < -0.3 is 10.2 Å². The highest BCUT2D eigenvalue weighted by Crippen LogP contribution is 2.30. The van der Waals surface area contributed by atoms with Crippen LogP contribution in [0.1, 0.15) is 11.1 Å². The lowest BCUT2D eigenvalue weighted by Crippen LogP contribution is -2.33. The molecule has 0 bridgehead atoms. The summed E-state index contributed by atoms with van der Waals surface area (Å²) in [5.74, 6) is 0. The molecular weight excluding hydrogens is 236 g/mol. The second-order valence-corrected chi connectivity index (χ2v) is 4.55. The van der Waals surface area contributed by atoms with Crippen molar-refractivity contribution >= 4 is 11.4 Å². The van der Waals surface area contributed by atoms with Gasteiger partial charge in [0.15, 0.2) is 0 Å². The molecule has 1 aliphatic rings. The van der Waals surface area contributed by atoms with Crippen LogP contribution >= 0.6 is 0 Å². The molecule has 2 heterocycles. The number of nitriles is 1. The first-order valence-electron chi connectivity index (χ1n) is 6.29. The van der Waals surface area contributed by atoms with Crippen molar-refractivity contribution in [2.24, 2.45) is 0 Å². The van der Waals surface area contributed by atoms with Gasteiger partial charge in [-0.05, 0) is 29.8 Å². The number of nitrogens with zero attached hydrogens (tertiary/aromatic N) is 3. The lowest BCUT2D eigenvalue weighted by Gasteiger charge is -2.32. The molecule has 0 spiro atoms. The largest absolute Gasteiger partial charge is 0.382 e. The van der Waals surface area contributed by atoms with Crippen LogP contribution in [0.3, 0.4) is 0 Å². The van der Waals surface area contributed by atoms with Crippen LogP contribution in [0.5, 0.6) is 0 Å². The molecule has 2 aromatic rings. The van der Waals surface area contributed by atoms with Gasteiger partial charge in [0.1, 0.15) is 0 Å². The standard InChI is InChI=1S/C15H14N4/c16-9-12-3-4-15-14(8-12)18-6-7-19(15)11-13-2-1-5-17-10-13/h1-5,8,10,18H,6-7,11H2. The molecule has 0 radical (unpaired) electrons. The average Bonchev–Trinajstić information content (AvgIpc) is 2.48. The number of benzene rings is 1. The molecule has 0 saturated carbocycles. The average molecular weight is 250 g/mol. The summed E-state index contributed by atoms with van der Waals surface area (Å²) in [6.07, 6.45) is 3.68. The SMILES string of the molecule is N#Cc1ccc2c(c1)NCCN2Cc1cccnc1. The Bertz CT molecular complexity index is 616. The van der Waals surface area contributed by atoms with Crippen LogP contribution in [-0.4, -0.2) is 18.1 Å². The first kappa shape index (κ1) is 11.5. The molecule has 0 aliphatic carbocycles. The molecule has 1 aromatic heterocycles.